The number of aliphatic hydroxyl groups is 1. The molecule has 1 N–H and O–H groups in total. The zero-order chi connectivity index (χ0) is 11.8. The predicted molar refractivity (Wildman–Crippen MR) is 63.7 cm³/mol. The van der Waals surface area contributed by atoms with Gasteiger partial charge in [-0.2, -0.15) is 5.26 Å². The van der Waals surface area contributed by atoms with Crippen LogP contribution in [0.5, 0.6) is 0 Å². The quantitative estimate of drug-likeness (QED) is 0.794. The molecular weight excluding hydrogens is 200 g/mol. The van der Waals surface area contributed by atoms with Gasteiger partial charge in [-0.1, -0.05) is 30.3 Å². The van der Waals surface area contributed by atoms with Crippen molar-refractivity contribution >= 4 is 0 Å². The third kappa shape index (κ3) is 3.65. The first-order valence-electron chi connectivity index (χ1n) is 5.52. The Bertz CT molecular complexity index is 332. The number of benzene rings is 1. The Balaban J connectivity index is 2.71. The molecule has 0 amide bonds. The van der Waals surface area contributed by atoms with Crippen LogP contribution in [0, 0.1) is 11.3 Å². The maximum absolute atomic E-state index is 9.08. The summed E-state index contributed by atoms with van der Waals surface area (Å²) in [6.07, 6.45) is 1.22. The minimum atomic E-state index is 0.163. The lowest BCUT2D eigenvalue weighted by Gasteiger charge is -2.27. The van der Waals surface area contributed by atoms with Gasteiger partial charge in [-0.3, -0.25) is 4.90 Å². The van der Waals surface area contributed by atoms with E-state index in [1.165, 1.54) is 5.56 Å². The van der Waals surface area contributed by atoms with E-state index in [2.05, 4.69) is 23.1 Å². The van der Waals surface area contributed by atoms with Gasteiger partial charge in [0.05, 0.1) is 6.07 Å². The molecule has 0 saturated heterocycles. The second-order valence-corrected chi connectivity index (χ2v) is 3.83. The lowest BCUT2D eigenvalue weighted by atomic mass is 10.0. The minimum absolute atomic E-state index is 0.163. The van der Waals surface area contributed by atoms with Gasteiger partial charge in [-0.05, 0) is 19.0 Å². The largest absolute Gasteiger partial charge is 0.396 e. The second kappa shape index (κ2) is 7.00. The van der Waals surface area contributed by atoms with E-state index in [4.69, 9.17) is 10.4 Å². The second-order valence-electron chi connectivity index (χ2n) is 3.83. The van der Waals surface area contributed by atoms with E-state index in [1.807, 2.05) is 25.2 Å². The fourth-order valence-electron chi connectivity index (χ4n) is 1.82. The van der Waals surface area contributed by atoms with Crippen LogP contribution < -0.4 is 0 Å². The highest BCUT2D eigenvalue weighted by molar-refractivity contribution is 5.18. The molecule has 1 rings (SSSR count). The molecule has 1 aromatic carbocycles. The van der Waals surface area contributed by atoms with E-state index >= 15 is 0 Å². The lowest BCUT2D eigenvalue weighted by Crippen LogP contribution is -2.26. The van der Waals surface area contributed by atoms with Gasteiger partial charge in [-0.15, -0.1) is 0 Å². The van der Waals surface area contributed by atoms with E-state index in [0.717, 1.165) is 6.54 Å². The summed E-state index contributed by atoms with van der Waals surface area (Å²) in [5.74, 6) is 0. The highest BCUT2D eigenvalue weighted by atomic mass is 16.3. The Morgan fingerprint density at radius 1 is 1.38 bits per heavy atom. The van der Waals surface area contributed by atoms with Gasteiger partial charge in [0.25, 0.3) is 0 Å². The predicted octanol–water partition coefficient (Wildman–Crippen LogP) is 1.96. The zero-order valence-electron chi connectivity index (χ0n) is 9.63. The van der Waals surface area contributed by atoms with Crippen LogP contribution in [0.1, 0.15) is 24.4 Å². The number of hydrogen-bond donors (Lipinski definition) is 1. The smallest absolute Gasteiger partial charge is 0.0635 e. The normalized spacial score (nSPS) is 12.4. The van der Waals surface area contributed by atoms with Crippen LogP contribution in [0.15, 0.2) is 30.3 Å². The molecule has 0 saturated carbocycles. The molecule has 1 unspecified atom stereocenters. The molecule has 0 aliphatic carbocycles. The standard InChI is InChI=1S/C13H18N2O/c1-15(10-5-9-14)13(8-11-16)12-6-3-2-4-7-12/h2-4,6-7,13,16H,5,8,10-11H2,1H3. The van der Waals surface area contributed by atoms with Gasteiger partial charge in [0.15, 0.2) is 0 Å². The fourth-order valence-corrected chi connectivity index (χ4v) is 1.82. The number of aliphatic hydroxyl groups excluding tert-OH is 1. The van der Waals surface area contributed by atoms with Crippen LogP contribution in [0.3, 0.4) is 0 Å². The fraction of sp³-hybridized carbons (Fsp3) is 0.462. The van der Waals surface area contributed by atoms with Crippen molar-refractivity contribution in [1.82, 2.24) is 4.90 Å². The Hall–Kier alpha value is -1.37. The van der Waals surface area contributed by atoms with Crippen LogP contribution in [-0.2, 0) is 0 Å². The van der Waals surface area contributed by atoms with Gasteiger partial charge in [0.2, 0.25) is 0 Å². The van der Waals surface area contributed by atoms with Crippen LogP contribution in [0.2, 0.25) is 0 Å². The van der Waals surface area contributed by atoms with Gasteiger partial charge in [-0.25, -0.2) is 0 Å². The number of nitriles is 1. The molecule has 0 spiro atoms. The first-order valence-corrected chi connectivity index (χ1v) is 5.52. The Kier molecular flexibility index (Phi) is 5.55. The molecule has 3 heteroatoms. The molecule has 0 heterocycles. The molecule has 0 aliphatic rings. The third-order valence-electron chi connectivity index (χ3n) is 2.70. The van der Waals surface area contributed by atoms with Crippen molar-refractivity contribution in [3.05, 3.63) is 35.9 Å². The summed E-state index contributed by atoms with van der Waals surface area (Å²) in [6.45, 7) is 0.895. The van der Waals surface area contributed by atoms with E-state index in [0.29, 0.717) is 12.8 Å². The Morgan fingerprint density at radius 2 is 2.06 bits per heavy atom. The molecule has 1 aromatic rings. The zero-order valence-corrected chi connectivity index (χ0v) is 9.63. The maximum atomic E-state index is 9.08. The molecule has 0 aromatic heterocycles. The first kappa shape index (κ1) is 12.7. The molecule has 0 bridgehead atoms. The first-order chi connectivity index (χ1) is 7.79. The number of hydrogen-bond acceptors (Lipinski definition) is 3. The van der Waals surface area contributed by atoms with Gasteiger partial charge in [0.1, 0.15) is 0 Å². The van der Waals surface area contributed by atoms with Crippen molar-refractivity contribution in [3.8, 4) is 6.07 Å². The monoisotopic (exact) mass is 218 g/mol. The summed E-state index contributed by atoms with van der Waals surface area (Å²) in [5, 5.41) is 17.7. The molecule has 86 valence electrons. The van der Waals surface area contributed by atoms with Crippen LogP contribution >= 0.6 is 0 Å². The third-order valence-corrected chi connectivity index (χ3v) is 2.70. The molecule has 1 atom stereocenters. The van der Waals surface area contributed by atoms with Crippen molar-refractivity contribution in [2.24, 2.45) is 0 Å². The maximum Gasteiger partial charge on any atom is 0.0635 e. The van der Waals surface area contributed by atoms with E-state index in [-0.39, 0.29) is 12.6 Å². The molecule has 3 nitrogen and oxygen atoms in total. The molecular formula is C13H18N2O. The molecule has 0 aliphatic heterocycles. The van der Waals surface area contributed by atoms with Gasteiger partial charge < -0.3 is 5.11 Å². The summed E-state index contributed by atoms with van der Waals surface area (Å²) >= 11 is 0. The molecule has 0 fully saturated rings. The summed E-state index contributed by atoms with van der Waals surface area (Å²) in [4.78, 5) is 2.12. The average molecular weight is 218 g/mol. The van der Waals surface area contributed by atoms with Crippen molar-refractivity contribution < 1.29 is 5.11 Å². The van der Waals surface area contributed by atoms with E-state index in [9.17, 15) is 0 Å². The SMILES string of the molecule is CN(CCC#N)C(CCO)c1ccccc1. The van der Waals surface area contributed by atoms with Crippen molar-refractivity contribution in [1.29, 1.82) is 5.26 Å². The van der Waals surface area contributed by atoms with Gasteiger partial charge in [0, 0.05) is 25.6 Å². The number of rotatable bonds is 6. The number of nitrogens with zero attached hydrogens (tertiary/aromatic N) is 2. The van der Waals surface area contributed by atoms with Crippen LogP contribution in [0.4, 0.5) is 0 Å². The Morgan fingerprint density at radius 3 is 2.62 bits per heavy atom. The van der Waals surface area contributed by atoms with Crippen LogP contribution in [-0.4, -0.2) is 30.2 Å². The van der Waals surface area contributed by atoms with Crippen molar-refractivity contribution in [3.63, 3.8) is 0 Å². The van der Waals surface area contributed by atoms with Crippen molar-refractivity contribution in [2.75, 3.05) is 20.2 Å². The summed E-state index contributed by atoms with van der Waals surface area (Å²) in [6, 6.07) is 12.4. The van der Waals surface area contributed by atoms with E-state index < -0.39 is 0 Å². The van der Waals surface area contributed by atoms with Crippen LogP contribution in [0.25, 0.3) is 0 Å². The topological polar surface area (TPSA) is 47.3 Å². The lowest BCUT2D eigenvalue weighted by molar-refractivity contribution is 0.188. The van der Waals surface area contributed by atoms with E-state index in [1.54, 1.807) is 0 Å². The van der Waals surface area contributed by atoms with Gasteiger partial charge >= 0.3 is 0 Å². The minimum Gasteiger partial charge on any atom is -0.396 e. The highest BCUT2D eigenvalue weighted by Crippen LogP contribution is 2.22. The summed E-state index contributed by atoms with van der Waals surface area (Å²) < 4.78 is 0. The molecule has 0 radical (unpaired) electrons. The summed E-state index contributed by atoms with van der Waals surface area (Å²) in [7, 11) is 1.99. The summed E-state index contributed by atoms with van der Waals surface area (Å²) in [5.41, 5.74) is 1.19. The van der Waals surface area contributed by atoms with Crippen molar-refractivity contribution in [2.45, 2.75) is 18.9 Å². The average Bonchev–Trinajstić information content (AvgIpc) is 2.34. The Labute approximate surface area is 96.9 Å². The highest BCUT2D eigenvalue weighted by Gasteiger charge is 2.15. The molecule has 16 heavy (non-hydrogen) atoms.